The van der Waals surface area contributed by atoms with E-state index in [1.807, 2.05) is 6.92 Å². The van der Waals surface area contributed by atoms with Crippen LogP contribution in [-0.2, 0) is 4.79 Å². The van der Waals surface area contributed by atoms with Crippen LogP contribution in [0.1, 0.15) is 40.0 Å². The molecule has 1 aliphatic rings. The lowest BCUT2D eigenvalue weighted by atomic mass is 9.95. The van der Waals surface area contributed by atoms with Gasteiger partial charge in [-0.2, -0.15) is 0 Å². The van der Waals surface area contributed by atoms with Crippen molar-refractivity contribution < 1.29 is 9.90 Å². The van der Waals surface area contributed by atoms with E-state index < -0.39 is 5.97 Å². The highest BCUT2D eigenvalue weighted by molar-refractivity contribution is 5.70. The first-order valence-corrected chi connectivity index (χ1v) is 7.23. The van der Waals surface area contributed by atoms with Gasteiger partial charge in [-0.25, -0.2) is 0 Å². The van der Waals surface area contributed by atoms with Gasteiger partial charge in [0.15, 0.2) is 0 Å². The topological polar surface area (TPSA) is 52.6 Å². The molecule has 0 radical (unpaired) electrons. The van der Waals surface area contributed by atoms with E-state index in [4.69, 9.17) is 5.11 Å². The first kappa shape index (κ1) is 15.4. The molecule has 0 aromatic heterocycles. The molecule has 0 aromatic rings. The third-order valence-corrected chi connectivity index (χ3v) is 4.15. The number of carboxylic acid groups (broad SMARTS) is 1. The molecule has 0 aromatic carbocycles. The van der Waals surface area contributed by atoms with Crippen molar-refractivity contribution in [3.63, 3.8) is 0 Å². The molecule has 0 bridgehead atoms. The van der Waals surface area contributed by atoms with E-state index >= 15 is 0 Å². The zero-order valence-corrected chi connectivity index (χ0v) is 12.0. The van der Waals surface area contributed by atoms with Crippen molar-refractivity contribution >= 4 is 5.97 Å². The Morgan fingerprint density at radius 3 is 2.50 bits per heavy atom. The molecule has 1 saturated heterocycles. The fraction of sp³-hybridized carbons (Fsp3) is 0.929. The fourth-order valence-corrected chi connectivity index (χ4v) is 2.67. The van der Waals surface area contributed by atoms with Crippen molar-refractivity contribution in [2.45, 2.75) is 46.1 Å². The number of rotatable bonds is 7. The maximum Gasteiger partial charge on any atom is 0.307 e. The summed E-state index contributed by atoms with van der Waals surface area (Å²) in [7, 11) is 0. The van der Waals surface area contributed by atoms with Crippen LogP contribution in [0.4, 0.5) is 0 Å². The molecule has 0 amide bonds. The van der Waals surface area contributed by atoms with Gasteiger partial charge < -0.3 is 10.4 Å². The van der Waals surface area contributed by atoms with E-state index in [0.717, 1.165) is 38.5 Å². The molecule has 0 saturated carbocycles. The molecule has 1 heterocycles. The second kappa shape index (κ2) is 7.74. The largest absolute Gasteiger partial charge is 0.481 e. The normalized spacial score (nSPS) is 20.9. The van der Waals surface area contributed by atoms with Gasteiger partial charge >= 0.3 is 5.97 Å². The minimum absolute atomic E-state index is 0.123. The van der Waals surface area contributed by atoms with Gasteiger partial charge in [0, 0.05) is 12.6 Å². The first-order valence-electron chi connectivity index (χ1n) is 7.23. The molecule has 2 N–H and O–H groups in total. The van der Waals surface area contributed by atoms with Crippen LogP contribution < -0.4 is 5.32 Å². The van der Waals surface area contributed by atoms with E-state index in [2.05, 4.69) is 24.1 Å². The maximum absolute atomic E-state index is 11.1. The van der Waals surface area contributed by atoms with Crippen LogP contribution in [0, 0.1) is 11.8 Å². The summed E-state index contributed by atoms with van der Waals surface area (Å²) >= 11 is 0. The lowest BCUT2D eigenvalue weighted by molar-refractivity contribution is -0.143. The number of piperidine rings is 1. The van der Waals surface area contributed by atoms with Crippen molar-refractivity contribution in [1.29, 1.82) is 0 Å². The fourth-order valence-electron chi connectivity index (χ4n) is 2.67. The second-order valence-electron chi connectivity index (χ2n) is 5.56. The minimum atomic E-state index is -0.686. The van der Waals surface area contributed by atoms with Gasteiger partial charge in [-0.05, 0) is 51.7 Å². The Balaban J connectivity index is 2.54. The van der Waals surface area contributed by atoms with Crippen LogP contribution in [0.3, 0.4) is 0 Å². The summed E-state index contributed by atoms with van der Waals surface area (Å²) in [4.78, 5) is 13.5. The Bertz CT molecular complexity index is 252. The lowest BCUT2D eigenvalue weighted by Crippen LogP contribution is -2.45. The number of nitrogens with one attached hydrogen (secondary N) is 1. The van der Waals surface area contributed by atoms with Crippen molar-refractivity contribution in [2.24, 2.45) is 11.8 Å². The summed E-state index contributed by atoms with van der Waals surface area (Å²) in [6.07, 6.45) is 3.52. The van der Waals surface area contributed by atoms with Gasteiger partial charge in [0.2, 0.25) is 0 Å². The Morgan fingerprint density at radius 2 is 2.00 bits per heavy atom. The van der Waals surface area contributed by atoms with Gasteiger partial charge in [0.1, 0.15) is 0 Å². The highest BCUT2D eigenvalue weighted by Gasteiger charge is 2.27. The van der Waals surface area contributed by atoms with Crippen molar-refractivity contribution in [2.75, 3.05) is 26.2 Å². The van der Waals surface area contributed by atoms with Gasteiger partial charge in [-0.3, -0.25) is 9.69 Å². The molecule has 2 atom stereocenters. The second-order valence-corrected chi connectivity index (χ2v) is 5.56. The van der Waals surface area contributed by atoms with Crippen LogP contribution in [0.5, 0.6) is 0 Å². The molecule has 1 aliphatic heterocycles. The third kappa shape index (κ3) is 4.58. The van der Waals surface area contributed by atoms with Gasteiger partial charge in [-0.15, -0.1) is 0 Å². The predicted octanol–water partition coefficient (Wildman–Crippen LogP) is 1.81. The van der Waals surface area contributed by atoms with E-state index in [9.17, 15) is 4.79 Å². The van der Waals surface area contributed by atoms with E-state index in [1.54, 1.807) is 0 Å². The van der Waals surface area contributed by atoms with Crippen LogP contribution in [0.25, 0.3) is 0 Å². The zero-order valence-electron chi connectivity index (χ0n) is 12.0. The number of nitrogens with zero attached hydrogens (tertiary/aromatic N) is 1. The Kier molecular flexibility index (Phi) is 6.65. The molecule has 4 nitrogen and oxygen atoms in total. The maximum atomic E-state index is 11.1. The van der Waals surface area contributed by atoms with Crippen molar-refractivity contribution in [3.05, 3.63) is 0 Å². The molecule has 1 rings (SSSR count). The molecular weight excluding hydrogens is 228 g/mol. The van der Waals surface area contributed by atoms with E-state index in [1.165, 1.54) is 12.8 Å². The summed E-state index contributed by atoms with van der Waals surface area (Å²) in [5, 5.41) is 12.5. The van der Waals surface area contributed by atoms with Crippen molar-refractivity contribution in [3.8, 4) is 0 Å². The molecule has 1 fully saturated rings. The first-order chi connectivity index (χ1) is 8.56. The average Bonchev–Trinajstić information content (AvgIpc) is 2.37. The van der Waals surface area contributed by atoms with Crippen LogP contribution in [-0.4, -0.2) is 48.2 Å². The van der Waals surface area contributed by atoms with Gasteiger partial charge in [0.05, 0.1) is 5.92 Å². The van der Waals surface area contributed by atoms with Crippen LogP contribution in [0.15, 0.2) is 0 Å². The Hall–Kier alpha value is -0.610. The molecule has 106 valence electrons. The Morgan fingerprint density at radius 1 is 1.39 bits per heavy atom. The molecule has 0 spiro atoms. The van der Waals surface area contributed by atoms with Crippen LogP contribution in [0.2, 0.25) is 0 Å². The summed E-state index contributed by atoms with van der Waals surface area (Å²) in [6, 6.07) is 0.123. The number of carboxylic acids is 1. The number of hydrogen-bond acceptors (Lipinski definition) is 3. The summed E-state index contributed by atoms with van der Waals surface area (Å²) in [5.41, 5.74) is 0. The minimum Gasteiger partial charge on any atom is -0.481 e. The molecule has 2 unspecified atom stereocenters. The van der Waals surface area contributed by atoms with E-state index in [-0.39, 0.29) is 12.0 Å². The van der Waals surface area contributed by atoms with Crippen LogP contribution >= 0.6 is 0 Å². The SMILES string of the molecule is CCCN(CC1CCNCC1)C(C)C(C)C(=O)O. The highest BCUT2D eigenvalue weighted by Crippen LogP contribution is 2.18. The lowest BCUT2D eigenvalue weighted by Gasteiger charge is -2.35. The molecule has 0 aliphatic carbocycles. The third-order valence-electron chi connectivity index (χ3n) is 4.15. The van der Waals surface area contributed by atoms with Gasteiger partial charge in [0.25, 0.3) is 0 Å². The number of carbonyl (C=O) groups is 1. The summed E-state index contributed by atoms with van der Waals surface area (Å²) in [5.74, 6) is -0.256. The quantitative estimate of drug-likeness (QED) is 0.729. The monoisotopic (exact) mass is 256 g/mol. The predicted molar refractivity (Wildman–Crippen MR) is 73.7 cm³/mol. The summed E-state index contributed by atoms with van der Waals surface area (Å²) in [6.45, 7) is 10.3. The van der Waals surface area contributed by atoms with E-state index in [0.29, 0.717) is 0 Å². The Labute approximate surface area is 111 Å². The molecule has 18 heavy (non-hydrogen) atoms. The summed E-state index contributed by atoms with van der Waals surface area (Å²) < 4.78 is 0. The smallest absolute Gasteiger partial charge is 0.307 e. The molecular formula is C14H28N2O2. The molecule has 4 heteroatoms. The highest BCUT2D eigenvalue weighted by atomic mass is 16.4. The number of hydrogen-bond donors (Lipinski definition) is 2. The number of aliphatic carboxylic acids is 1. The zero-order chi connectivity index (χ0) is 13.5. The average molecular weight is 256 g/mol. The standard InChI is InChI=1S/C14H28N2O2/c1-4-9-16(12(3)11(2)14(17)18)10-13-5-7-15-8-6-13/h11-13,15H,4-10H2,1-3H3,(H,17,18). The van der Waals surface area contributed by atoms with Gasteiger partial charge in [-0.1, -0.05) is 13.8 Å². The van der Waals surface area contributed by atoms with Crippen molar-refractivity contribution in [1.82, 2.24) is 10.2 Å².